The van der Waals surface area contributed by atoms with Crippen LogP contribution in [0.1, 0.15) is 18.1 Å². The molecular formula is C27H22Cl2N4O4. The fourth-order valence-electron chi connectivity index (χ4n) is 3.65. The van der Waals surface area contributed by atoms with Crippen molar-refractivity contribution in [2.75, 3.05) is 20.9 Å². The van der Waals surface area contributed by atoms with Crippen molar-refractivity contribution in [1.29, 1.82) is 0 Å². The van der Waals surface area contributed by atoms with Gasteiger partial charge in [-0.3, -0.25) is 19.2 Å². The molecule has 0 saturated carbocycles. The van der Waals surface area contributed by atoms with Gasteiger partial charge in [-0.1, -0.05) is 41.4 Å². The molecule has 0 spiro atoms. The van der Waals surface area contributed by atoms with E-state index in [2.05, 4.69) is 16.0 Å². The van der Waals surface area contributed by atoms with Crippen LogP contribution in [0, 0.1) is 6.92 Å². The third-order valence-electron chi connectivity index (χ3n) is 5.52. The third kappa shape index (κ3) is 5.99. The van der Waals surface area contributed by atoms with E-state index in [1.54, 1.807) is 60.7 Å². The number of hydrogen-bond donors (Lipinski definition) is 3. The lowest BCUT2D eigenvalue weighted by molar-refractivity contribution is -0.120. The highest BCUT2D eigenvalue weighted by Gasteiger charge is 2.39. The van der Waals surface area contributed by atoms with Crippen LogP contribution in [0.4, 0.5) is 22.7 Å². The van der Waals surface area contributed by atoms with Crippen LogP contribution < -0.4 is 20.9 Å². The van der Waals surface area contributed by atoms with Gasteiger partial charge in [0.2, 0.25) is 11.8 Å². The van der Waals surface area contributed by atoms with E-state index in [0.29, 0.717) is 27.8 Å². The summed E-state index contributed by atoms with van der Waals surface area (Å²) in [5, 5.41) is 8.57. The first kappa shape index (κ1) is 25.9. The van der Waals surface area contributed by atoms with Crippen LogP contribution in [0.3, 0.4) is 0 Å². The molecule has 4 rings (SSSR count). The van der Waals surface area contributed by atoms with Crippen LogP contribution in [0.25, 0.3) is 0 Å². The minimum Gasteiger partial charge on any atom is -0.350 e. The summed E-state index contributed by atoms with van der Waals surface area (Å²) in [6.45, 7) is 3.24. The SMILES string of the molecule is CC(=O)Nc1ccc(NC(=O)Cc2ccc(NC3=C(Cl)C(=O)N(c4ccc(C)c(Cl)c4)C3=O)cc2)cc1. The Labute approximate surface area is 223 Å². The lowest BCUT2D eigenvalue weighted by Crippen LogP contribution is -2.32. The number of nitrogens with one attached hydrogen (secondary N) is 3. The van der Waals surface area contributed by atoms with Crippen LogP contribution in [0.5, 0.6) is 0 Å². The zero-order valence-corrected chi connectivity index (χ0v) is 21.4. The smallest absolute Gasteiger partial charge is 0.283 e. The fourth-order valence-corrected chi connectivity index (χ4v) is 4.04. The molecule has 0 aromatic heterocycles. The Morgan fingerprint density at radius 2 is 1.41 bits per heavy atom. The van der Waals surface area contributed by atoms with E-state index in [0.717, 1.165) is 16.0 Å². The van der Waals surface area contributed by atoms with Crippen molar-refractivity contribution >= 4 is 69.6 Å². The number of halogens is 2. The maximum atomic E-state index is 13.0. The molecule has 0 saturated heterocycles. The predicted octanol–water partition coefficient (Wildman–Crippen LogP) is 5.22. The molecule has 0 unspecified atom stereocenters. The average molecular weight is 537 g/mol. The zero-order valence-electron chi connectivity index (χ0n) is 19.9. The molecule has 0 aliphatic carbocycles. The van der Waals surface area contributed by atoms with Gasteiger partial charge < -0.3 is 16.0 Å². The van der Waals surface area contributed by atoms with E-state index in [1.807, 2.05) is 6.92 Å². The van der Waals surface area contributed by atoms with Gasteiger partial charge in [-0.05, 0) is 66.6 Å². The molecule has 1 aliphatic rings. The summed E-state index contributed by atoms with van der Waals surface area (Å²) in [4.78, 5) is 50.1. The predicted molar refractivity (Wildman–Crippen MR) is 145 cm³/mol. The highest BCUT2D eigenvalue weighted by Crippen LogP contribution is 2.32. The Kier molecular flexibility index (Phi) is 7.61. The molecule has 8 nitrogen and oxygen atoms in total. The van der Waals surface area contributed by atoms with E-state index in [4.69, 9.17) is 23.2 Å². The maximum absolute atomic E-state index is 13.0. The number of amides is 4. The number of nitrogens with zero attached hydrogens (tertiary/aromatic N) is 1. The number of aryl methyl sites for hydroxylation is 1. The molecular weight excluding hydrogens is 515 g/mol. The van der Waals surface area contributed by atoms with E-state index < -0.39 is 11.8 Å². The quantitative estimate of drug-likeness (QED) is 0.358. The second kappa shape index (κ2) is 10.9. The monoisotopic (exact) mass is 536 g/mol. The Bertz CT molecular complexity index is 1430. The molecule has 0 radical (unpaired) electrons. The van der Waals surface area contributed by atoms with E-state index in [-0.39, 0.29) is 29.0 Å². The average Bonchev–Trinajstić information content (AvgIpc) is 3.06. The van der Waals surface area contributed by atoms with Crippen molar-refractivity contribution in [3.8, 4) is 0 Å². The molecule has 3 N–H and O–H groups in total. The van der Waals surface area contributed by atoms with Gasteiger partial charge in [-0.25, -0.2) is 4.90 Å². The van der Waals surface area contributed by atoms with E-state index in [1.165, 1.54) is 13.0 Å². The second-order valence-electron chi connectivity index (χ2n) is 8.37. The number of benzene rings is 3. The van der Waals surface area contributed by atoms with Crippen molar-refractivity contribution in [1.82, 2.24) is 0 Å². The summed E-state index contributed by atoms with van der Waals surface area (Å²) < 4.78 is 0. The van der Waals surface area contributed by atoms with Crippen LogP contribution in [-0.2, 0) is 25.6 Å². The molecule has 3 aromatic carbocycles. The van der Waals surface area contributed by atoms with Gasteiger partial charge in [0, 0.05) is 29.0 Å². The van der Waals surface area contributed by atoms with Crippen LogP contribution >= 0.6 is 23.2 Å². The van der Waals surface area contributed by atoms with Crippen molar-refractivity contribution < 1.29 is 19.2 Å². The van der Waals surface area contributed by atoms with Gasteiger partial charge in [-0.15, -0.1) is 0 Å². The third-order valence-corrected chi connectivity index (χ3v) is 6.28. The zero-order chi connectivity index (χ0) is 26.7. The Hall–Kier alpha value is -4.14. The first-order valence-corrected chi connectivity index (χ1v) is 12.0. The molecule has 0 atom stereocenters. The second-order valence-corrected chi connectivity index (χ2v) is 9.16. The molecule has 0 fully saturated rings. The summed E-state index contributed by atoms with van der Waals surface area (Å²) in [6, 6.07) is 18.5. The lowest BCUT2D eigenvalue weighted by atomic mass is 10.1. The first-order valence-electron chi connectivity index (χ1n) is 11.2. The molecule has 188 valence electrons. The minimum atomic E-state index is -0.646. The van der Waals surface area contributed by atoms with Gasteiger partial charge >= 0.3 is 0 Å². The largest absolute Gasteiger partial charge is 0.350 e. The van der Waals surface area contributed by atoms with E-state index in [9.17, 15) is 19.2 Å². The summed E-state index contributed by atoms with van der Waals surface area (Å²) in [5.41, 5.74) is 3.59. The number of carbonyl (C=O) groups excluding carboxylic acids is 4. The summed E-state index contributed by atoms with van der Waals surface area (Å²) in [6.07, 6.45) is 0.122. The molecule has 10 heteroatoms. The number of rotatable bonds is 7. The minimum absolute atomic E-state index is 0.0448. The van der Waals surface area contributed by atoms with E-state index >= 15 is 0 Å². The number of carbonyl (C=O) groups is 4. The number of hydrogen-bond acceptors (Lipinski definition) is 5. The molecule has 3 aromatic rings. The Balaban J connectivity index is 1.38. The van der Waals surface area contributed by atoms with Crippen molar-refractivity contribution in [2.45, 2.75) is 20.3 Å². The number of anilines is 4. The number of imide groups is 1. The van der Waals surface area contributed by atoms with Crippen LogP contribution in [0.15, 0.2) is 77.5 Å². The molecule has 0 bridgehead atoms. The maximum Gasteiger partial charge on any atom is 0.283 e. The summed E-state index contributed by atoms with van der Waals surface area (Å²) >= 11 is 12.4. The van der Waals surface area contributed by atoms with Crippen molar-refractivity contribution in [3.05, 3.63) is 93.6 Å². The van der Waals surface area contributed by atoms with Gasteiger partial charge in [-0.2, -0.15) is 0 Å². The molecule has 1 aliphatic heterocycles. The lowest BCUT2D eigenvalue weighted by Gasteiger charge is -2.16. The van der Waals surface area contributed by atoms with Gasteiger partial charge in [0.15, 0.2) is 0 Å². The van der Waals surface area contributed by atoms with Crippen LogP contribution in [0.2, 0.25) is 5.02 Å². The Morgan fingerprint density at radius 3 is 2.00 bits per heavy atom. The van der Waals surface area contributed by atoms with Crippen molar-refractivity contribution in [3.63, 3.8) is 0 Å². The molecule has 4 amide bonds. The summed E-state index contributed by atoms with van der Waals surface area (Å²) in [5.74, 6) is -1.64. The van der Waals surface area contributed by atoms with Gasteiger partial charge in [0.1, 0.15) is 10.7 Å². The topological polar surface area (TPSA) is 108 Å². The fraction of sp³-hybridized carbons (Fsp3) is 0.111. The molecule has 1 heterocycles. The highest BCUT2D eigenvalue weighted by atomic mass is 35.5. The van der Waals surface area contributed by atoms with Crippen LogP contribution in [-0.4, -0.2) is 23.6 Å². The first-order chi connectivity index (χ1) is 17.6. The van der Waals surface area contributed by atoms with Gasteiger partial charge in [0.25, 0.3) is 11.8 Å². The Morgan fingerprint density at radius 1 is 0.811 bits per heavy atom. The van der Waals surface area contributed by atoms with Gasteiger partial charge in [0.05, 0.1) is 12.1 Å². The normalized spacial score (nSPS) is 13.1. The highest BCUT2D eigenvalue weighted by molar-refractivity contribution is 6.53. The summed E-state index contributed by atoms with van der Waals surface area (Å²) in [7, 11) is 0. The molecule has 37 heavy (non-hydrogen) atoms. The standard InChI is InChI=1S/C27H22Cl2N4O4/c1-15-3-12-21(14-22(15)28)33-26(36)24(29)25(27(33)37)32-20-6-4-17(5-7-20)13-23(35)31-19-10-8-18(9-11-19)30-16(2)34/h3-12,14,32H,13H2,1-2H3,(H,30,34)(H,31,35). The van der Waals surface area contributed by atoms with Crippen molar-refractivity contribution in [2.24, 2.45) is 0 Å².